The summed E-state index contributed by atoms with van der Waals surface area (Å²) in [5, 5.41) is 31.3. The fourth-order valence-electron chi connectivity index (χ4n) is 4.16. The van der Waals surface area contributed by atoms with Crippen LogP contribution in [0, 0.1) is 26.1 Å². The molecule has 10 heteroatoms. The molecule has 0 bridgehead atoms. The van der Waals surface area contributed by atoms with Gasteiger partial charge in [0.2, 0.25) is 0 Å². The predicted octanol–water partition coefficient (Wildman–Crippen LogP) is 5.31. The Morgan fingerprint density at radius 3 is 1.86 bits per heavy atom. The van der Waals surface area contributed by atoms with E-state index < -0.39 is 21.9 Å². The molecule has 0 aromatic heterocycles. The van der Waals surface area contributed by atoms with E-state index in [1.54, 1.807) is 18.2 Å². The maximum atomic E-state index is 11.8. The topological polar surface area (TPSA) is 158 Å². The lowest BCUT2D eigenvalue weighted by molar-refractivity contribution is -0.386. The van der Waals surface area contributed by atoms with Crippen LogP contribution < -0.4 is 0 Å². The van der Waals surface area contributed by atoms with Crippen LogP contribution in [0.2, 0.25) is 0 Å². The third-order valence-electron chi connectivity index (χ3n) is 6.11. The number of aliphatic hydroxyl groups excluding tert-OH is 1. The van der Waals surface area contributed by atoms with Crippen LogP contribution in [0.15, 0.2) is 48.5 Å². The smallest absolute Gasteiger partial charge is 0.279 e. The summed E-state index contributed by atoms with van der Waals surface area (Å²) in [6.07, 6.45) is 7.43. The third kappa shape index (κ3) is 8.46. The number of para-hydroxylation sites is 2. The van der Waals surface area contributed by atoms with Crippen molar-refractivity contribution in [1.29, 1.82) is 0 Å². The zero-order valence-corrected chi connectivity index (χ0v) is 19.9. The lowest BCUT2D eigenvalue weighted by Gasteiger charge is -2.25. The van der Waals surface area contributed by atoms with E-state index in [1.807, 2.05) is 0 Å². The Labute approximate surface area is 208 Å². The number of hydrogen-bond donors (Lipinski definition) is 1. The lowest BCUT2D eigenvalue weighted by atomic mass is 9.81. The number of carbonyl (C=O) groups is 3. The molecule has 0 amide bonds. The number of aliphatic hydroxyl groups is 1. The van der Waals surface area contributed by atoms with Gasteiger partial charge < -0.3 is 5.11 Å². The summed E-state index contributed by atoms with van der Waals surface area (Å²) in [4.78, 5) is 52.5. The fourth-order valence-corrected chi connectivity index (χ4v) is 4.16. The van der Waals surface area contributed by atoms with Gasteiger partial charge in [0, 0.05) is 37.3 Å². The van der Waals surface area contributed by atoms with E-state index >= 15 is 0 Å². The normalized spacial score (nSPS) is 18.0. The molecule has 192 valence electrons. The number of hydrogen-bond acceptors (Lipinski definition) is 8. The number of carbonyl (C=O) groups excluding carboxylic acids is 3. The molecule has 2 aliphatic rings. The van der Waals surface area contributed by atoms with Gasteiger partial charge in [-0.05, 0) is 37.8 Å². The van der Waals surface area contributed by atoms with Crippen LogP contribution in [-0.2, 0) is 9.59 Å². The van der Waals surface area contributed by atoms with Crippen molar-refractivity contribution in [2.45, 2.75) is 63.9 Å². The minimum atomic E-state index is -1.07. The van der Waals surface area contributed by atoms with Gasteiger partial charge in [0.25, 0.3) is 11.4 Å². The Bertz CT molecular complexity index is 1080. The summed E-state index contributed by atoms with van der Waals surface area (Å²) in [5.41, 5.74) is 0.0751. The van der Waals surface area contributed by atoms with Crippen molar-refractivity contribution in [3.8, 4) is 0 Å². The van der Waals surface area contributed by atoms with Crippen LogP contribution in [0.25, 0.3) is 0 Å². The maximum Gasteiger partial charge on any atom is 0.279 e. The van der Waals surface area contributed by atoms with Crippen molar-refractivity contribution in [2.24, 2.45) is 5.92 Å². The van der Waals surface area contributed by atoms with Crippen LogP contribution in [0.4, 0.5) is 11.4 Å². The molecule has 2 aromatic rings. The number of ketones is 2. The van der Waals surface area contributed by atoms with E-state index in [0.29, 0.717) is 24.9 Å². The highest BCUT2D eigenvalue weighted by Crippen LogP contribution is 2.35. The van der Waals surface area contributed by atoms with Gasteiger partial charge in [0.05, 0.1) is 27.1 Å². The molecule has 2 fully saturated rings. The maximum absolute atomic E-state index is 11.8. The highest BCUT2D eigenvalue weighted by molar-refractivity contribution is 5.82. The van der Waals surface area contributed by atoms with Gasteiger partial charge in [-0.25, -0.2) is 0 Å². The number of aldehydes is 1. The molecule has 0 aliphatic heterocycles. The average molecular weight is 499 g/mol. The number of rotatable bonds is 5. The minimum Gasteiger partial charge on any atom is -0.387 e. The van der Waals surface area contributed by atoms with Crippen LogP contribution in [0.3, 0.4) is 0 Å². The minimum absolute atomic E-state index is 0.00639. The monoisotopic (exact) mass is 498 g/mol. The predicted molar refractivity (Wildman–Crippen MR) is 132 cm³/mol. The van der Waals surface area contributed by atoms with Crippen LogP contribution >= 0.6 is 0 Å². The molecule has 0 spiro atoms. The van der Waals surface area contributed by atoms with Gasteiger partial charge in [0.1, 0.15) is 11.6 Å². The Morgan fingerprint density at radius 1 is 0.806 bits per heavy atom. The molecule has 0 saturated heterocycles. The van der Waals surface area contributed by atoms with Crippen LogP contribution in [0.1, 0.15) is 79.8 Å². The number of nitrogens with zero attached hydrogens (tertiary/aromatic N) is 2. The molecule has 2 aliphatic carbocycles. The van der Waals surface area contributed by atoms with Crippen molar-refractivity contribution < 1.29 is 29.3 Å². The first-order valence-corrected chi connectivity index (χ1v) is 11.9. The molecular weight excluding hydrogens is 468 g/mol. The first-order chi connectivity index (χ1) is 17.3. The first kappa shape index (κ1) is 28.4. The molecular formula is C26H30N2O8. The molecule has 36 heavy (non-hydrogen) atoms. The molecule has 2 atom stereocenters. The van der Waals surface area contributed by atoms with Crippen molar-refractivity contribution in [3.05, 3.63) is 79.9 Å². The summed E-state index contributed by atoms with van der Waals surface area (Å²) in [6, 6.07) is 11.9. The lowest BCUT2D eigenvalue weighted by Crippen LogP contribution is -2.26. The summed E-state index contributed by atoms with van der Waals surface area (Å²) >= 11 is 0. The second-order valence-corrected chi connectivity index (χ2v) is 8.61. The summed E-state index contributed by atoms with van der Waals surface area (Å²) in [7, 11) is 0. The fraction of sp³-hybridized carbons (Fsp3) is 0.423. The van der Waals surface area contributed by atoms with E-state index in [0.717, 1.165) is 38.5 Å². The second kappa shape index (κ2) is 14.6. The highest BCUT2D eigenvalue weighted by atomic mass is 16.6. The Morgan fingerprint density at radius 2 is 1.36 bits per heavy atom. The molecule has 2 aromatic carbocycles. The Balaban J connectivity index is 0.000000214. The molecule has 4 rings (SSSR count). The molecule has 1 N–H and O–H groups in total. The number of benzene rings is 2. The molecule has 10 nitrogen and oxygen atoms in total. The van der Waals surface area contributed by atoms with Gasteiger partial charge in [-0.3, -0.25) is 34.6 Å². The number of nitro groups is 2. The van der Waals surface area contributed by atoms with Gasteiger partial charge in [-0.15, -0.1) is 0 Å². The third-order valence-corrected chi connectivity index (χ3v) is 6.11. The largest absolute Gasteiger partial charge is 0.387 e. The number of nitro benzene ring substituents is 2. The van der Waals surface area contributed by atoms with Crippen molar-refractivity contribution in [1.82, 2.24) is 0 Å². The Kier molecular flexibility index (Phi) is 11.5. The SMILES string of the molecule is O=C1CCCCC1.O=C1CCCC[C@H]1[C@@H](O)c1ccccc1[N+](=O)[O-].O=Cc1ccccc1[N+](=O)[O-]. The van der Waals surface area contributed by atoms with Gasteiger partial charge in [-0.1, -0.05) is 37.1 Å². The summed E-state index contributed by atoms with van der Waals surface area (Å²) < 4.78 is 0. The Hall–Kier alpha value is -3.79. The van der Waals surface area contributed by atoms with E-state index in [2.05, 4.69) is 0 Å². The number of Topliss-reactive ketones (excluding diaryl/α,β-unsaturated/α-hetero) is 2. The average Bonchev–Trinajstić information content (AvgIpc) is 2.89. The molecule has 0 unspecified atom stereocenters. The summed E-state index contributed by atoms with van der Waals surface area (Å²) in [6.45, 7) is 0. The van der Waals surface area contributed by atoms with Crippen molar-refractivity contribution in [3.63, 3.8) is 0 Å². The molecule has 0 heterocycles. The van der Waals surface area contributed by atoms with Gasteiger partial charge in [-0.2, -0.15) is 0 Å². The van der Waals surface area contributed by atoms with Crippen molar-refractivity contribution >= 4 is 29.2 Å². The van der Waals surface area contributed by atoms with E-state index in [9.17, 15) is 39.7 Å². The standard InChI is InChI=1S/C13H15NO4.C7H5NO3.C6H10O/c15-12-8-4-2-6-10(12)13(16)9-5-1-3-7-11(9)14(17)18;9-5-6-3-1-2-4-7(6)8(10)11;7-6-4-2-1-3-5-6/h1,3,5,7,10,13,16H,2,4,6,8H2;1-5H;1-5H2/t10-,13+;;/m1../s1. The molecule has 0 radical (unpaired) electrons. The molecule has 2 saturated carbocycles. The zero-order chi connectivity index (χ0) is 26.5. The van der Waals surface area contributed by atoms with E-state index in [-0.39, 0.29) is 28.3 Å². The van der Waals surface area contributed by atoms with Gasteiger partial charge in [0.15, 0.2) is 6.29 Å². The first-order valence-electron chi connectivity index (χ1n) is 11.9. The summed E-state index contributed by atoms with van der Waals surface area (Å²) in [5.74, 6) is -0.0296. The van der Waals surface area contributed by atoms with Crippen molar-refractivity contribution in [2.75, 3.05) is 0 Å². The van der Waals surface area contributed by atoms with E-state index in [4.69, 9.17) is 0 Å². The highest BCUT2D eigenvalue weighted by Gasteiger charge is 2.33. The van der Waals surface area contributed by atoms with Crippen LogP contribution in [-0.4, -0.2) is 32.8 Å². The quantitative estimate of drug-likeness (QED) is 0.330. The zero-order valence-electron chi connectivity index (χ0n) is 19.9. The second-order valence-electron chi connectivity index (χ2n) is 8.61. The van der Waals surface area contributed by atoms with Gasteiger partial charge >= 0.3 is 0 Å². The van der Waals surface area contributed by atoms with Crippen LogP contribution in [0.5, 0.6) is 0 Å². The van der Waals surface area contributed by atoms with E-state index in [1.165, 1.54) is 36.8 Å².